The molecule has 0 aliphatic rings. The van der Waals surface area contributed by atoms with Gasteiger partial charge in [0.1, 0.15) is 22.2 Å². The Bertz CT molecular complexity index is 1520. The van der Waals surface area contributed by atoms with Crippen molar-refractivity contribution >= 4 is 57.1 Å². The number of carboxylic acids is 1. The average Bonchev–Trinajstić information content (AvgIpc) is 3.63. The molecular formula is C24H17N3O6S3. The lowest BCUT2D eigenvalue weighted by molar-refractivity contribution is -0.131. The summed E-state index contributed by atoms with van der Waals surface area (Å²) in [4.78, 5) is 16.4. The fraction of sp³-hybridized carbons (Fsp3) is 0.0833. The van der Waals surface area contributed by atoms with Crippen LogP contribution in [0.5, 0.6) is 11.5 Å². The van der Waals surface area contributed by atoms with Crippen molar-refractivity contribution in [3.63, 3.8) is 0 Å². The number of carboxylic acid groups (broad SMARTS) is 1. The Morgan fingerprint density at radius 3 is 2.53 bits per heavy atom. The summed E-state index contributed by atoms with van der Waals surface area (Å²) >= 11 is 3.76. The quantitative estimate of drug-likeness (QED) is 0.167. The number of aromatic nitrogens is 3. The number of benzene rings is 2. The Morgan fingerprint density at radius 1 is 1.03 bits per heavy atom. The number of methoxy groups -OCH3 is 2. The van der Waals surface area contributed by atoms with Crippen LogP contribution < -0.4 is 9.47 Å². The summed E-state index contributed by atoms with van der Waals surface area (Å²) in [5.74, 6) is 0.535. The van der Waals surface area contributed by atoms with E-state index in [1.54, 1.807) is 41.7 Å². The van der Waals surface area contributed by atoms with Crippen LogP contribution in [0.4, 0.5) is 0 Å². The van der Waals surface area contributed by atoms with Crippen molar-refractivity contribution < 1.29 is 28.2 Å². The zero-order valence-electron chi connectivity index (χ0n) is 18.8. The topological polar surface area (TPSA) is 121 Å². The molecule has 0 unspecified atom stereocenters. The smallest absolute Gasteiger partial charge is 0.342 e. The summed E-state index contributed by atoms with van der Waals surface area (Å²) < 4.78 is 23.9. The fourth-order valence-corrected chi connectivity index (χ4v) is 5.73. The van der Waals surface area contributed by atoms with Gasteiger partial charge in [-0.2, -0.15) is 0 Å². The Balaban J connectivity index is 1.33. The lowest BCUT2D eigenvalue weighted by Gasteiger charge is -2.05. The largest absolute Gasteiger partial charge is 0.497 e. The van der Waals surface area contributed by atoms with Crippen LogP contribution in [-0.4, -0.2) is 40.5 Å². The number of rotatable bonds is 9. The number of thioether (sulfide) groups is 1. The first kappa shape index (κ1) is 24.0. The lowest BCUT2D eigenvalue weighted by atomic mass is 10.2. The normalized spacial score (nSPS) is 11.7. The SMILES string of the molecule is COc1cc(OC)cc(-c2nnc(S/C(=C\c3ccc(Sc4nc5ccccc5s4)o3)C(=O)O)o2)c1. The van der Waals surface area contributed by atoms with E-state index in [2.05, 4.69) is 15.2 Å². The van der Waals surface area contributed by atoms with Gasteiger partial charge in [0.25, 0.3) is 5.22 Å². The van der Waals surface area contributed by atoms with Crippen LogP contribution in [0, 0.1) is 0 Å². The van der Waals surface area contributed by atoms with Crippen LogP contribution in [-0.2, 0) is 4.79 Å². The van der Waals surface area contributed by atoms with Crippen molar-refractivity contribution in [1.29, 1.82) is 0 Å². The molecule has 0 radical (unpaired) electrons. The molecule has 0 atom stereocenters. The van der Waals surface area contributed by atoms with Crippen molar-refractivity contribution in [2.45, 2.75) is 14.7 Å². The molecule has 0 fully saturated rings. The molecule has 0 aliphatic heterocycles. The predicted molar refractivity (Wildman–Crippen MR) is 137 cm³/mol. The monoisotopic (exact) mass is 539 g/mol. The predicted octanol–water partition coefficient (Wildman–Crippen LogP) is 6.33. The summed E-state index contributed by atoms with van der Waals surface area (Å²) in [5, 5.41) is 18.4. The van der Waals surface area contributed by atoms with E-state index < -0.39 is 5.97 Å². The summed E-state index contributed by atoms with van der Waals surface area (Å²) in [7, 11) is 3.07. The summed E-state index contributed by atoms with van der Waals surface area (Å²) in [6.45, 7) is 0. The first-order valence-electron chi connectivity index (χ1n) is 10.3. The zero-order chi connectivity index (χ0) is 25.1. The number of furan rings is 1. The molecule has 3 aromatic heterocycles. The second kappa shape index (κ2) is 10.5. The first-order chi connectivity index (χ1) is 17.5. The van der Waals surface area contributed by atoms with E-state index in [1.165, 1.54) is 32.1 Å². The maximum atomic E-state index is 11.9. The molecule has 0 saturated carbocycles. The van der Waals surface area contributed by atoms with Gasteiger partial charge in [0.05, 0.1) is 24.4 Å². The number of nitrogens with zero attached hydrogens (tertiary/aromatic N) is 3. The molecular weight excluding hydrogens is 522 g/mol. The van der Waals surface area contributed by atoms with Gasteiger partial charge in [-0.25, -0.2) is 9.78 Å². The van der Waals surface area contributed by atoms with Gasteiger partial charge in [0.2, 0.25) is 5.89 Å². The Hall–Kier alpha value is -3.74. The van der Waals surface area contributed by atoms with Gasteiger partial charge < -0.3 is 23.4 Å². The molecule has 36 heavy (non-hydrogen) atoms. The highest BCUT2D eigenvalue weighted by Crippen LogP contribution is 2.37. The van der Waals surface area contributed by atoms with Gasteiger partial charge in [0.15, 0.2) is 9.43 Å². The molecule has 5 rings (SSSR count). The van der Waals surface area contributed by atoms with Crippen LogP contribution >= 0.6 is 34.9 Å². The van der Waals surface area contributed by atoms with Gasteiger partial charge >= 0.3 is 5.97 Å². The van der Waals surface area contributed by atoms with Gasteiger partial charge in [0, 0.05) is 17.7 Å². The second-order valence-corrected chi connectivity index (χ2v) is 10.4. The molecule has 3 heterocycles. The second-order valence-electron chi connectivity index (χ2n) is 7.10. The number of thiazole rings is 1. The van der Waals surface area contributed by atoms with E-state index in [1.807, 2.05) is 24.3 Å². The third-order valence-corrected chi connectivity index (χ3v) is 7.62. The van der Waals surface area contributed by atoms with E-state index in [4.69, 9.17) is 18.3 Å². The molecule has 1 N–H and O–H groups in total. The number of para-hydroxylation sites is 1. The van der Waals surface area contributed by atoms with Crippen molar-refractivity contribution in [1.82, 2.24) is 15.2 Å². The number of aliphatic carboxylic acids is 1. The summed E-state index contributed by atoms with van der Waals surface area (Å²) in [6, 6.07) is 16.5. The fourth-order valence-electron chi connectivity index (χ4n) is 3.10. The van der Waals surface area contributed by atoms with E-state index in [0.717, 1.165) is 26.3 Å². The Labute approximate surface area is 217 Å². The van der Waals surface area contributed by atoms with Crippen molar-refractivity contribution in [2.24, 2.45) is 0 Å². The van der Waals surface area contributed by atoms with E-state index in [9.17, 15) is 9.90 Å². The molecule has 0 saturated heterocycles. The maximum absolute atomic E-state index is 11.9. The molecule has 12 heteroatoms. The highest BCUT2D eigenvalue weighted by atomic mass is 32.2. The van der Waals surface area contributed by atoms with Crippen molar-refractivity contribution in [3.05, 3.63) is 65.3 Å². The third-order valence-electron chi connectivity index (χ3n) is 4.75. The highest BCUT2D eigenvalue weighted by molar-refractivity contribution is 8.03. The number of hydrogen-bond donors (Lipinski definition) is 1. The van der Waals surface area contributed by atoms with E-state index >= 15 is 0 Å². The van der Waals surface area contributed by atoms with Gasteiger partial charge in [-0.05, 0) is 59.9 Å². The standard InChI is InChI=1S/C24H17N3O6S3/c1-30-15-9-13(10-16(11-15)31-2)21-26-27-23(33-21)34-19(22(28)29)12-14-7-8-20(32-14)36-24-25-17-5-3-4-6-18(17)35-24/h3-12H,1-2H3,(H,28,29)/b19-12-. The number of fused-ring (bicyclic) bond motifs is 1. The average molecular weight is 540 g/mol. The van der Waals surface area contributed by atoms with Gasteiger partial charge in [-0.3, -0.25) is 0 Å². The Morgan fingerprint density at radius 2 is 1.81 bits per heavy atom. The summed E-state index contributed by atoms with van der Waals surface area (Å²) in [5.41, 5.74) is 1.50. The number of carbonyl (C=O) groups is 1. The lowest BCUT2D eigenvalue weighted by Crippen LogP contribution is -1.96. The van der Waals surface area contributed by atoms with Crippen LogP contribution in [0.25, 0.3) is 27.7 Å². The first-order valence-corrected chi connectivity index (χ1v) is 12.8. The maximum Gasteiger partial charge on any atom is 0.342 e. The highest BCUT2D eigenvalue weighted by Gasteiger charge is 2.18. The molecule has 0 aliphatic carbocycles. The molecule has 0 bridgehead atoms. The van der Waals surface area contributed by atoms with Crippen molar-refractivity contribution in [2.75, 3.05) is 14.2 Å². The minimum atomic E-state index is -1.15. The minimum absolute atomic E-state index is 0.0423. The van der Waals surface area contributed by atoms with Crippen LogP contribution in [0.3, 0.4) is 0 Å². The molecule has 5 aromatic rings. The zero-order valence-corrected chi connectivity index (χ0v) is 21.3. The molecule has 0 amide bonds. The number of ether oxygens (including phenoxy) is 2. The Kier molecular flexibility index (Phi) is 6.98. The summed E-state index contributed by atoms with van der Waals surface area (Å²) in [6.07, 6.45) is 1.41. The molecule has 9 nitrogen and oxygen atoms in total. The van der Waals surface area contributed by atoms with E-state index in [0.29, 0.717) is 27.9 Å². The van der Waals surface area contributed by atoms with E-state index in [-0.39, 0.29) is 16.0 Å². The third kappa shape index (κ3) is 5.40. The molecule has 2 aromatic carbocycles. The molecule has 0 spiro atoms. The molecule has 182 valence electrons. The van der Waals surface area contributed by atoms with Crippen LogP contribution in [0.2, 0.25) is 0 Å². The van der Waals surface area contributed by atoms with Gasteiger partial charge in [-0.1, -0.05) is 12.1 Å². The van der Waals surface area contributed by atoms with Crippen LogP contribution in [0.15, 0.2) is 83.0 Å². The van der Waals surface area contributed by atoms with Crippen molar-refractivity contribution in [3.8, 4) is 23.0 Å². The van der Waals surface area contributed by atoms with Crippen LogP contribution in [0.1, 0.15) is 5.76 Å². The minimum Gasteiger partial charge on any atom is -0.497 e. The number of hydrogen-bond acceptors (Lipinski definition) is 11. The van der Waals surface area contributed by atoms with Gasteiger partial charge in [-0.15, -0.1) is 21.5 Å².